The van der Waals surface area contributed by atoms with E-state index in [1.807, 2.05) is 0 Å². The molecule has 3 unspecified atom stereocenters. The SMILES string of the molecule is CC(N)OC(=O)CC(O)(CC(=O)OC(C)N)C(=O)OC(C)N. The topological polar surface area (TPSA) is 177 Å². The molecule has 0 saturated carbocycles. The summed E-state index contributed by atoms with van der Waals surface area (Å²) in [5.74, 6) is -3.24. The average molecular weight is 321 g/mol. The Balaban J connectivity index is 5.07. The molecule has 0 bridgehead atoms. The molecule has 0 amide bonds. The smallest absolute Gasteiger partial charge is 0.340 e. The van der Waals surface area contributed by atoms with Crippen LogP contribution < -0.4 is 17.2 Å². The van der Waals surface area contributed by atoms with Gasteiger partial charge in [0.1, 0.15) is 18.7 Å². The Morgan fingerprint density at radius 3 is 1.45 bits per heavy atom. The molecular weight excluding hydrogens is 298 g/mol. The van der Waals surface area contributed by atoms with Gasteiger partial charge in [0.05, 0.1) is 12.8 Å². The monoisotopic (exact) mass is 321 g/mol. The summed E-state index contributed by atoms with van der Waals surface area (Å²) < 4.78 is 13.9. The second-order valence-electron chi connectivity index (χ2n) is 4.89. The number of rotatable bonds is 8. The lowest BCUT2D eigenvalue weighted by Crippen LogP contribution is -2.47. The zero-order valence-corrected chi connectivity index (χ0v) is 12.8. The van der Waals surface area contributed by atoms with Crippen molar-refractivity contribution in [2.24, 2.45) is 17.2 Å². The van der Waals surface area contributed by atoms with Crippen LogP contribution >= 0.6 is 0 Å². The molecule has 0 saturated heterocycles. The molecule has 22 heavy (non-hydrogen) atoms. The van der Waals surface area contributed by atoms with Crippen molar-refractivity contribution in [1.29, 1.82) is 0 Å². The van der Waals surface area contributed by atoms with E-state index in [1.165, 1.54) is 20.8 Å². The molecule has 0 aliphatic carbocycles. The van der Waals surface area contributed by atoms with E-state index in [2.05, 4.69) is 14.2 Å². The first-order chi connectivity index (χ1) is 9.96. The molecule has 0 fully saturated rings. The van der Waals surface area contributed by atoms with E-state index < -0.39 is 55.0 Å². The summed E-state index contributed by atoms with van der Waals surface area (Å²) in [6.45, 7) is 4.09. The first kappa shape index (κ1) is 20.2. The maximum Gasteiger partial charge on any atom is 0.340 e. The van der Waals surface area contributed by atoms with E-state index in [4.69, 9.17) is 17.2 Å². The molecule has 0 aliphatic rings. The third kappa shape index (κ3) is 7.88. The van der Waals surface area contributed by atoms with Gasteiger partial charge in [0.25, 0.3) is 0 Å². The van der Waals surface area contributed by atoms with E-state index in [0.29, 0.717) is 0 Å². The van der Waals surface area contributed by atoms with Crippen LogP contribution in [0.2, 0.25) is 0 Å². The van der Waals surface area contributed by atoms with Crippen molar-refractivity contribution < 1.29 is 33.7 Å². The third-order valence-corrected chi connectivity index (χ3v) is 2.18. The molecule has 7 N–H and O–H groups in total. The summed E-state index contributed by atoms with van der Waals surface area (Å²) in [4.78, 5) is 35.1. The number of esters is 3. The molecule has 10 heteroatoms. The van der Waals surface area contributed by atoms with Gasteiger partial charge in [0.2, 0.25) is 0 Å². The van der Waals surface area contributed by atoms with Crippen molar-refractivity contribution in [1.82, 2.24) is 0 Å². The van der Waals surface area contributed by atoms with Crippen molar-refractivity contribution in [3.05, 3.63) is 0 Å². The van der Waals surface area contributed by atoms with E-state index >= 15 is 0 Å². The van der Waals surface area contributed by atoms with Crippen LogP contribution in [0.1, 0.15) is 33.6 Å². The van der Waals surface area contributed by atoms with E-state index in [0.717, 1.165) is 0 Å². The molecule has 0 spiro atoms. The molecule has 0 heterocycles. The van der Waals surface area contributed by atoms with E-state index in [9.17, 15) is 19.5 Å². The fraction of sp³-hybridized carbons (Fsp3) is 0.750. The number of hydrogen-bond donors (Lipinski definition) is 4. The van der Waals surface area contributed by atoms with Gasteiger partial charge in [-0.05, 0) is 20.8 Å². The van der Waals surface area contributed by atoms with Crippen LogP contribution in [-0.2, 0) is 28.6 Å². The predicted octanol–water partition coefficient (Wildman–Crippen LogP) is -1.96. The number of carbonyl (C=O) groups excluding carboxylic acids is 3. The number of hydrogen-bond acceptors (Lipinski definition) is 10. The van der Waals surface area contributed by atoms with E-state index in [1.54, 1.807) is 0 Å². The van der Waals surface area contributed by atoms with Crippen LogP contribution in [0.3, 0.4) is 0 Å². The normalized spacial score (nSPS) is 17.6. The van der Waals surface area contributed by atoms with Gasteiger partial charge in [-0.2, -0.15) is 0 Å². The van der Waals surface area contributed by atoms with Crippen LogP contribution in [0.25, 0.3) is 0 Å². The van der Waals surface area contributed by atoms with Crippen molar-refractivity contribution in [2.45, 2.75) is 57.9 Å². The number of nitrogens with two attached hydrogens (primary N) is 3. The standard InChI is InChI=1S/C12H23N3O7/c1-6(13)20-9(16)4-12(19,11(18)22-8(3)15)5-10(17)21-7(2)14/h6-8,19H,4-5,13-15H2,1-3H3. The lowest BCUT2D eigenvalue weighted by molar-refractivity contribution is -0.182. The van der Waals surface area contributed by atoms with Gasteiger partial charge in [-0.1, -0.05) is 0 Å². The zero-order valence-electron chi connectivity index (χ0n) is 12.8. The fourth-order valence-electron chi connectivity index (χ4n) is 1.46. The summed E-state index contributed by atoms with van der Waals surface area (Å²) >= 11 is 0. The third-order valence-electron chi connectivity index (χ3n) is 2.18. The maximum absolute atomic E-state index is 11.9. The minimum Gasteiger partial charge on any atom is -0.447 e. The highest BCUT2D eigenvalue weighted by Crippen LogP contribution is 2.20. The van der Waals surface area contributed by atoms with Gasteiger partial charge >= 0.3 is 17.9 Å². The van der Waals surface area contributed by atoms with Crippen molar-refractivity contribution in [3.8, 4) is 0 Å². The first-order valence-corrected chi connectivity index (χ1v) is 6.55. The number of aliphatic hydroxyl groups is 1. The van der Waals surface area contributed by atoms with Crippen LogP contribution in [0, 0.1) is 0 Å². The summed E-state index contributed by atoms with van der Waals surface area (Å²) in [5.41, 5.74) is 13.3. The molecule has 0 aliphatic heterocycles. The minimum atomic E-state index is -2.49. The van der Waals surface area contributed by atoms with Crippen molar-refractivity contribution in [2.75, 3.05) is 0 Å². The predicted molar refractivity (Wildman–Crippen MR) is 73.4 cm³/mol. The second-order valence-corrected chi connectivity index (χ2v) is 4.89. The highest BCUT2D eigenvalue weighted by molar-refractivity contribution is 5.90. The molecule has 0 aromatic carbocycles. The van der Waals surface area contributed by atoms with Crippen molar-refractivity contribution in [3.63, 3.8) is 0 Å². The fourth-order valence-corrected chi connectivity index (χ4v) is 1.46. The lowest BCUT2D eigenvalue weighted by atomic mass is 9.95. The van der Waals surface area contributed by atoms with Gasteiger partial charge < -0.3 is 19.3 Å². The summed E-state index contributed by atoms with van der Waals surface area (Å²) in [7, 11) is 0. The number of carbonyl (C=O) groups is 3. The molecule has 3 atom stereocenters. The van der Waals surface area contributed by atoms with Crippen LogP contribution in [0.4, 0.5) is 0 Å². The molecular formula is C12H23N3O7. The Morgan fingerprint density at radius 2 is 1.18 bits per heavy atom. The van der Waals surface area contributed by atoms with E-state index in [-0.39, 0.29) is 0 Å². The molecule has 0 radical (unpaired) electrons. The van der Waals surface area contributed by atoms with Crippen molar-refractivity contribution >= 4 is 17.9 Å². The largest absolute Gasteiger partial charge is 0.447 e. The second kappa shape index (κ2) is 8.63. The molecule has 0 aromatic heterocycles. The van der Waals surface area contributed by atoms with Crippen LogP contribution in [-0.4, -0.2) is 47.3 Å². The Labute approximate surface area is 127 Å². The minimum absolute atomic E-state index is 0.853. The highest BCUT2D eigenvalue weighted by atomic mass is 16.6. The zero-order chi connectivity index (χ0) is 17.5. The summed E-state index contributed by atoms with van der Waals surface area (Å²) in [6.07, 6.45) is -4.65. The number of ether oxygens (including phenoxy) is 3. The summed E-state index contributed by atoms with van der Waals surface area (Å²) in [6, 6.07) is 0. The Hall–Kier alpha value is -1.75. The van der Waals surface area contributed by atoms with Gasteiger partial charge in [0, 0.05) is 0 Å². The van der Waals surface area contributed by atoms with Gasteiger partial charge in [-0.3, -0.25) is 26.8 Å². The Kier molecular flexibility index (Phi) is 7.95. The Bertz CT molecular complexity index is 386. The summed E-state index contributed by atoms with van der Waals surface area (Å²) in [5, 5.41) is 10.3. The average Bonchev–Trinajstić information content (AvgIpc) is 2.24. The molecule has 10 nitrogen and oxygen atoms in total. The molecule has 128 valence electrons. The van der Waals surface area contributed by atoms with Crippen LogP contribution in [0.5, 0.6) is 0 Å². The lowest BCUT2D eigenvalue weighted by Gasteiger charge is -2.25. The van der Waals surface area contributed by atoms with Gasteiger partial charge in [-0.15, -0.1) is 0 Å². The molecule has 0 aromatic rings. The quantitative estimate of drug-likeness (QED) is 0.223. The van der Waals surface area contributed by atoms with Gasteiger partial charge in [0.15, 0.2) is 5.60 Å². The maximum atomic E-state index is 11.9. The Morgan fingerprint density at radius 1 is 0.864 bits per heavy atom. The first-order valence-electron chi connectivity index (χ1n) is 6.55. The highest BCUT2D eigenvalue weighted by Gasteiger charge is 2.44. The van der Waals surface area contributed by atoms with Crippen LogP contribution in [0.15, 0.2) is 0 Å². The molecule has 0 rings (SSSR count). The van der Waals surface area contributed by atoms with Gasteiger partial charge in [-0.25, -0.2) is 4.79 Å².